The van der Waals surface area contributed by atoms with Crippen LogP contribution < -0.4 is 10.2 Å². The van der Waals surface area contributed by atoms with Crippen molar-refractivity contribution in [3.05, 3.63) is 36.0 Å². The average Bonchev–Trinajstić information content (AvgIpc) is 2.38. The third kappa shape index (κ3) is 4.13. The fourth-order valence-electron chi connectivity index (χ4n) is 1.86. The third-order valence-corrected chi connectivity index (χ3v) is 2.71. The van der Waals surface area contributed by atoms with E-state index in [2.05, 4.69) is 35.9 Å². The lowest BCUT2D eigenvalue weighted by Crippen LogP contribution is -2.28. The molecular formula is C14H23N3O. The van der Waals surface area contributed by atoms with Crippen molar-refractivity contribution >= 4 is 5.82 Å². The molecule has 1 aromatic heterocycles. The van der Waals surface area contributed by atoms with Crippen LogP contribution in [-0.2, 0) is 13.0 Å². The summed E-state index contributed by atoms with van der Waals surface area (Å²) in [7, 11) is 1.93. The molecule has 0 saturated carbocycles. The smallest absolute Gasteiger partial charge is 0.129 e. The van der Waals surface area contributed by atoms with Crippen LogP contribution in [0, 0.1) is 0 Å². The monoisotopic (exact) mass is 249 g/mol. The quantitative estimate of drug-likeness (QED) is 0.683. The lowest BCUT2D eigenvalue weighted by molar-refractivity contribution is 0.302. The minimum atomic E-state index is 0.118. The molecule has 0 amide bonds. The zero-order chi connectivity index (χ0) is 13.4. The number of aliphatic hydroxyl groups is 1. The molecule has 0 saturated heterocycles. The molecule has 1 heterocycles. The first-order chi connectivity index (χ1) is 8.74. The molecule has 18 heavy (non-hydrogen) atoms. The summed E-state index contributed by atoms with van der Waals surface area (Å²) >= 11 is 0. The number of hydrogen-bond acceptors (Lipinski definition) is 4. The molecule has 0 fully saturated rings. The average molecular weight is 249 g/mol. The molecule has 0 bridgehead atoms. The lowest BCUT2D eigenvalue weighted by atomic mass is 10.2. The Bertz CT molecular complexity index is 379. The Morgan fingerprint density at radius 1 is 1.50 bits per heavy atom. The molecule has 4 nitrogen and oxygen atoms in total. The summed E-state index contributed by atoms with van der Waals surface area (Å²) in [5.74, 6) is 0.911. The second-order valence-electron chi connectivity index (χ2n) is 4.17. The minimum absolute atomic E-state index is 0.118. The summed E-state index contributed by atoms with van der Waals surface area (Å²) in [6, 6.07) is 4.18. The zero-order valence-electron chi connectivity index (χ0n) is 11.3. The fourth-order valence-corrected chi connectivity index (χ4v) is 1.86. The summed E-state index contributed by atoms with van der Waals surface area (Å²) < 4.78 is 0. The van der Waals surface area contributed by atoms with Gasteiger partial charge in [-0.25, -0.2) is 4.98 Å². The van der Waals surface area contributed by atoms with Crippen molar-refractivity contribution in [3.8, 4) is 0 Å². The Balaban J connectivity index is 3.02. The van der Waals surface area contributed by atoms with E-state index >= 15 is 0 Å². The number of hydrogen-bond donors (Lipinski definition) is 2. The Kier molecular flexibility index (Phi) is 6.39. The number of aromatic nitrogens is 1. The van der Waals surface area contributed by atoms with Gasteiger partial charge in [-0.1, -0.05) is 13.0 Å². The Labute approximate surface area is 109 Å². The fraction of sp³-hybridized carbons (Fsp3) is 0.500. The van der Waals surface area contributed by atoms with E-state index in [4.69, 9.17) is 5.11 Å². The molecule has 1 rings (SSSR count). The SMILES string of the molecule is C=CCN(CCO)c1cc(CNC)cc(CC)n1. The first-order valence-corrected chi connectivity index (χ1v) is 6.36. The second-order valence-corrected chi connectivity index (χ2v) is 4.17. The van der Waals surface area contributed by atoms with Crippen molar-refractivity contribution in [1.82, 2.24) is 10.3 Å². The highest BCUT2D eigenvalue weighted by molar-refractivity contribution is 5.43. The van der Waals surface area contributed by atoms with Gasteiger partial charge in [0.1, 0.15) is 5.82 Å². The van der Waals surface area contributed by atoms with Crippen LogP contribution in [0.3, 0.4) is 0 Å². The molecule has 0 atom stereocenters. The maximum absolute atomic E-state index is 9.11. The van der Waals surface area contributed by atoms with E-state index in [1.165, 1.54) is 5.56 Å². The number of aliphatic hydroxyl groups excluding tert-OH is 1. The highest BCUT2D eigenvalue weighted by atomic mass is 16.3. The van der Waals surface area contributed by atoms with E-state index in [1.807, 2.05) is 18.0 Å². The number of nitrogens with one attached hydrogen (secondary N) is 1. The van der Waals surface area contributed by atoms with Gasteiger partial charge in [0, 0.05) is 25.3 Å². The molecule has 0 aliphatic heterocycles. The van der Waals surface area contributed by atoms with Gasteiger partial charge in [0.05, 0.1) is 6.61 Å². The Morgan fingerprint density at radius 2 is 2.28 bits per heavy atom. The van der Waals surface area contributed by atoms with Crippen LogP contribution in [0.15, 0.2) is 24.8 Å². The van der Waals surface area contributed by atoms with Crippen molar-refractivity contribution in [2.24, 2.45) is 0 Å². The lowest BCUT2D eigenvalue weighted by Gasteiger charge is -2.22. The van der Waals surface area contributed by atoms with Gasteiger partial charge >= 0.3 is 0 Å². The summed E-state index contributed by atoms with van der Waals surface area (Å²) in [6.07, 6.45) is 2.74. The number of pyridine rings is 1. The van der Waals surface area contributed by atoms with Gasteiger partial charge in [-0.3, -0.25) is 0 Å². The van der Waals surface area contributed by atoms with Crippen molar-refractivity contribution < 1.29 is 5.11 Å². The maximum atomic E-state index is 9.11. The largest absolute Gasteiger partial charge is 0.395 e. The summed E-state index contributed by atoms with van der Waals surface area (Å²) in [5, 5.41) is 12.3. The molecule has 0 aliphatic rings. The van der Waals surface area contributed by atoms with E-state index in [0.717, 1.165) is 24.5 Å². The highest BCUT2D eigenvalue weighted by Crippen LogP contribution is 2.15. The molecule has 2 N–H and O–H groups in total. The predicted molar refractivity (Wildman–Crippen MR) is 75.9 cm³/mol. The van der Waals surface area contributed by atoms with Crippen LogP contribution >= 0.6 is 0 Å². The van der Waals surface area contributed by atoms with Gasteiger partial charge in [0.25, 0.3) is 0 Å². The van der Waals surface area contributed by atoms with Gasteiger partial charge < -0.3 is 15.3 Å². The van der Waals surface area contributed by atoms with Crippen molar-refractivity contribution in [3.63, 3.8) is 0 Å². The topological polar surface area (TPSA) is 48.4 Å². The summed E-state index contributed by atoms with van der Waals surface area (Å²) in [4.78, 5) is 6.64. The van der Waals surface area contributed by atoms with Crippen molar-refractivity contribution in [1.29, 1.82) is 0 Å². The zero-order valence-corrected chi connectivity index (χ0v) is 11.3. The second kappa shape index (κ2) is 7.84. The van der Waals surface area contributed by atoms with E-state index in [0.29, 0.717) is 13.1 Å². The molecule has 0 aliphatic carbocycles. The van der Waals surface area contributed by atoms with Crippen LogP contribution in [0.1, 0.15) is 18.2 Å². The van der Waals surface area contributed by atoms with Crippen molar-refractivity contribution in [2.75, 3.05) is 31.6 Å². The number of aryl methyl sites for hydroxylation is 1. The molecular weight excluding hydrogens is 226 g/mol. The molecule has 0 aromatic carbocycles. The number of rotatable bonds is 8. The van der Waals surface area contributed by atoms with Gasteiger partial charge in [-0.2, -0.15) is 0 Å². The molecule has 0 radical (unpaired) electrons. The summed E-state index contributed by atoms with van der Waals surface area (Å²) in [6.45, 7) is 8.05. The molecule has 0 unspecified atom stereocenters. The molecule has 100 valence electrons. The van der Waals surface area contributed by atoms with Gasteiger partial charge in [-0.05, 0) is 31.2 Å². The van der Waals surface area contributed by atoms with Crippen molar-refractivity contribution in [2.45, 2.75) is 19.9 Å². The minimum Gasteiger partial charge on any atom is -0.395 e. The van der Waals surface area contributed by atoms with Gasteiger partial charge in [-0.15, -0.1) is 6.58 Å². The first kappa shape index (κ1) is 14.7. The molecule has 0 spiro atoms. The van der Waals surface area contributed by atoms with E-state index < -0.39 is 0 Å². The van der Waals surface area contributed by atoms with Crippen LogP contribution in [0.2, 0.25) is 0 Å². The molecule has 4 heteroatoms. The van der Waals surface area contributed by atoms with Crippen LogP contribution in [0.4, 0.5) is 5.82 Å². The Hall–Kier alpha value is -1.39. The molecule has 1 aromatic rings. The van der Waals surface area contributed by atoms with Gasteiger partial charge in [0.2, 0.25) is 0 Å². The van der Waals surface area contributed by atoms with Gasteiger partial charge in [0.15, 0.2) is 0 Å². The maximum Gasteiger partial charge on any atom is 0.129 e. The van der Waals surface area contributed by atoms with Crippen LogP contribution in [0.5, 0.6) is 0 Å². The first-order valence-electron chi connectivity index (χ1n) is 6.36. The summed E-state index contributed by atoms with van der Waals surface area (Å²) in [5.41, 5.74) is 2.29. The van der Waals surface area contributed by atoms with E-state index in [1.54, 1.807) is 0 Å². The van der Waals surface area contributed by atoms with E-state index in [-0.39, 0.29) is 6.61 Å². The van der Waals surface area contributed by atoms with Crippen LogP contribution in [0.25, 0.3) is 0 Å². The highest BCUT2D eigenvalue weighted by Gasteiger charge is 2.08. The number of anilines is 1. The normalized spacial score (nSPS) is 10.4. The van der Waals surface area contributed by atoms with Crippen LogP contribution in [-0.4, -0.2) is 36.8 Å². The predicted octanol–water partition coefficient (Wildman–Crippen LogP) is 1.35. The van der Waals surface area contributed by atoms with E-state index in [9.17, 15) is 0 Å². The Morgan fingerprint density at radius 3 is 2.83 bits per heavy atom. The standard InChI is InChI=1S/C14H23N3O/c1-4-6-17(7-8-18)14-10-12(11-15-3)9-13(5-2)16-14/h4,9-10,15,18H,1,5-8,11H2,2-3H3. The number of nitrogens with zero attached hydrogens (tertiary/aromatic N) is 2. The third-order valence-electron chi connectivity index (χ3n) is 2.71.